The number of nitrogens with one attached hydrogen (secondary N) is 2. The van der Waals surface area contributed by atoms with E-state index in [1.807, 2.05) is 39.0 Å². The number of aromatic nitrogens is 2. The van der Waals surface area contributed by atoms with Gasteiger partial charge in [0.15, 0.2) is 5.82 Å². The van der Waals surface area contributed by atoms with Crippen LogP contribution < -0.4 is 15.3 Å². The molecule has 0 fully saturated rings. The van der Waals surface area contributed by atoms with E-state index < -0.39 is 0 Å². The monoisotopic (exact) mass is 470 g/mol. The first-order chi connectivity index (χ1) is 15.7. The summed E-state index contributed by atoms with van der Waals surface area (Å²) >= 11 is 0. The quantitative estimate of drug-likeness (QED) is 0.397. The number of rotatable bonds is 10. The third-order valence-corrected chi connectivity index (χ3v) is 5.48. The third kappa shape index (κ3) is 6.83. The number of nitrogens with zero attached hydrogens (tertiary/aromatic N) is 6. The van der Waals surface area contributed by atoms with Crippen molar-refractivity contribution in [2.45, 2.75) is 60.0 Å². The number of carbonyl (C=O) groups excluding carboxylic acids is 1. The molecule has 0 radical (unpaired) electrons. The van der Waals surface area contributed by atoms with Crippen LogP contribution in [0.1, 0.15) is 58.4 Å². The molecule has 1 aromatic carbocycles. The average molecular weight is 471 g/mol. The minimum atomic E-state index is -0.309. The summed E-state index contributed by atoms with van der Waals surface area (Å²) in [5.74, 6) is 0.316. The van der Waals surface area contributed by atoms with Crippen LogP contribution in [0, 0.1) is 11.3 Å². The predicted octanol–water partition coefficient (Wildman–Crippen LogP) is 4.33. The number of nitriles is 1. The van der Waals surface area contributed by atoms with Crippen molar-refractivity contribution in [3.63, 3.8) is 0 Å². The summed E-state index contributed by atoms with van der Waals surface area (Å²) in [6, 6.07) is 8.20. The lowest BCUT2D eigenvalue weighted by Crippen LogP contribution is -2.23. The van der Waals surface area contributed by atoms with Crippen LogP contribution in [0.2, 0.25) is 0 Å². The van der Waals surface area contributed by atoms with E-state index in [4.69, 9.17) is 0 Å². The fraction of sp³-hybridized carbons (Fsp3) is 0.522. The summed E-state index contributed by atoms with van der Waals surface area (Å²) in [5, 5.41) is 29.4. The maximum Gasteiger partial charge on any atom is 0.217 e. The van der Waals surface area contributed by atoms with Gasteiger partial charge in [0.05, 0.1) is 17.9 Å². The van der Waals surface area contributed by atoms with Gasteiger partial charge in [0.2, 0.25) is 5.91 Å². The van der Waals surface area contributed by atoms with E-state index in [-0.39, 0.29) is 11.3 Å². The van der Waals surface area contributed by atoms with Crippen molar-refractivity contribution < 1.29 is 4.79 Å². The minimum absolute atomic E-state index is 0.115. The summed E-state index contributed by atoms with van der Waals surface area (Å²) in [7, 11) is 2.46. The van der Waals surface area contributed by atoms with Gasteiger partial charge in [-0.15, -0.1) is 10.2 Å². The molecule has 1 atom stereocenters. The van der Waals surface area contributed by atoms with E-state index in [0.717, 1.165) is 24.3 Å². The molecular formula is C23H35N8OP. The summed E-state index contributed by atoms with van der Waals surface area (Å²) in [5.41, 5.74) is 3.36. The summed E-state index contributed by atoms with van der Waals surface area (Å²) in [4.78, 5) is 13.8. The minimum Gasteiger partial charge on any atom is -0.372 e. The van der Waals surface area contributed by atoms with Gasteiger partial charge in [0.25, 0.3) is 0 Å². The predicted molar refractivity (Wildman–Crippen MR) is 135 cm³/mol. The van der Waals surface area contributed by atoms with Gasteiger partial charge in [0, 0.05) is 49.8 Å². The van der Waals surface area contributed by atoms with Crippen molar-refractivity contribution in [1.82, 2.24) is 20.2 Å². The van der Waals surface area contributed by atoms with Gasteiger partial charge in [-0.1, -0.05) is 30.2 Å². The van der Waals surface area contributed by atoms with E-state index >= 15 is 0 Å². The van der Waals surface area contributed by atoms with Crippen LogP contribution in [0.4, 0.5) is 17.2 Å². The zero-order chi connectivity index (χ0) is 24.6. The van der Waals surface area contributed by atoms with E-state index in [1.165, 1.54) is 6.92 Å². The lowest BCUT2D eigenvalue weighted by molar-refractivity contribution is -0.119. The second-order valence-corrected chi connectivity index (χ2v) is 9.09. The molecule has 2 N–H and O–H groups in total. The SMILES string of the molecule is CCN(CC)c1ccc(N=Nc2c(C#N)c(C(C)(C)C)nn2CCNP)c(CNC(C)=O)c1. The van der Waals surface area contributed by atoms with Crippen molar-refractivity contribution in [2.24, 2.45) is 10.2 Å². The maximum absolute atomic E-state index is 11.5. The molecule has 33 heavy (non-hydrogen) atoms. The molecule has 0 saturated heterocycles. The molecule has 2 aromatic rings. The highest BCUT2D eigenvalue weighted by molar-refractivity contribution is 7.13. The number of hydrogen-bond acceptors (Lipinski definition) is 7. The molecule has 0 aliphatic carbocycles. The smallest absolute Gasteiger partial charge is 0.217 e. The molecular weight excluding hydrogens is 435 g/mol. The van der Waals surface area contributed by atoms with Crippen molar-refractivity contribution in [3.8, 4) is 6.07 Å². The van der Waals surface area contributed by atoms with E-state index in [2.05, 4.69) is 59.9 Å². The van der Waals surface area contributed by atoms with E-state index in [0.29, 0.717) is 42.4 Å². The van der Waals surface area contributed by atoms with Crippen molar-refractivity contribution in [3.05, 3.63) is 35.0 Å². The molecule has 0 spiro atoms. The molecule has 0 bridgehead atoms. The Bertz CT molecular complexity index is 1030. The van der Waals surface area contributed by atoms with Crippen LogP contribution in [0.5, 0.6) is 0 Å². The molecule has 1 unspecified atom stereocenters. The van der Waals surface area contributed by atoms with Crippen molar-refractivity contribution >= 4 is 32.5 Å². The van der Waals surface area contributed by atoms with Crippen LogP contribution in [-0.4, -0.2) is 35.3 Å². The molecule has 1 aromatic heterocycles. The van der Waals surface area contributed by atoms with E-state index in [9.17, 15) is 10.1 Å². The highest BCUT2D eigenvalue weighted by Gasteiger charge is 2.27. The normalized spacial score (nSPS) is 11.6. The second kappa shape index (κ2) is 11.9. The van der Waals surface area contributed by atoms with Crippen LogP contribution >= 0.6 is 9.39 Å². The van der Waals surface area contributed by atoms with Crippen molar-refractivity contribution in [1.29, 1.82) is 5.26 Å². The first-order valence-corrected chi connectivity index (χ1v) is 11.7. The first kappa shape index (κ1) is 26.4. The standard InChI is InChI=1S/C23H35N8OP/c1-7-30(8-2)18-9-10-20(17(13-18)15-25-16(3)32)27-28-22-19(14-24)21(23(4,5)6)29-31(22)12-11-26-33/h9-10,13,26H,7-8,11-12,15,33H2,1-6H3,(H,25,32). The Morgan fingerprint density at radius 3 is 2.52 bits per heavy atom. The van der Waals surface area contributed by atoms with Gasteiger partial charge in [-0.3, -0.25) is 9.88 Å². The number of benzene rings is 1. The largest absolute Gasteiger partial charge is 0.372 e. The Kier molecular flexibility index (Phi) is 9.51. The Morgan fingerprint density at radius 2 is 1.97 bits per heavy atom. The fourth-order valence-corrected chi connectivity index (χ4v) is 3.56. The lowest BCUT2D eigenvalue weighted by atomic mass is 9.90. The lowest BCUT2D eigenvalue weighted by Gasteiger charge is -2.22. The van der Waals surface area contributed by atoms with Gasteiger partial charge >= 0.3 is 0 Å². The maximum atomic E-state index is 11.5. The third-order valence-electron chi connectivity index (χ3n) is 5.19. The molecule has 0 saturated carbocycles. The summed E-state index contributed by atoms with van der Waals surface area (Å²) in [6.45, 7) is 15.0. The van der Waals surface area contributed by atoms with Crippen LogP contribution in [-0.2, 0) is 23.3 Å². The Hall–Kier alpha value is -2.82. The zero-order valence-electron chi connectivity index (χ0n) is 20.4. The molecule has 1 heterocycles. The first-order valence-electron chi connectivity index (χ1n) is 11.1. The Labute approximate surface area is 198 Å². The summed E-state index contributed by atoms with van der Waals surface area (Å²) < 4.78 is 1.72. The number of carbonyl (C=O) groups is 1. The number of amides is 1. The van der Waals surface area contributed by atoms with Crippen LogP contribution in [0.15, 0.2) is 28.4 Å². The van der Waals surface area contributed by atoms with Crippen LogP contribution in [0.3, 0.4) is 0 Å². The highest BCUT2D eigenvalue weighted by atomic mass is 31.0. The van der Waals surface area contributed by atoms with Gasteiger partial charge in [-0.2, -0.15) is 10.4 Å². The van der Waals surface area contributed by atoms with Gasteiger partial charge in [-0.25, -0.2) is 4.68 Å². The van der Waals surface area contributed by atoms with Crippen LogP contribution in [0.25, 0.3) is 0 Å². The second-order valence-electron chi connectivity index (χ2n) is 8.68. The molecule has 178 valence electrons. The summed E-state index contributed by atoms with van der Waals surface area (Å²) in [6.07, 6.45) is 0. The van der Waals surface area contributed by atoms with E-state index in [1.54, 1.807) is 4.68 Å². The molecule has 9 nitrogen and oxygen atoms in total. The fourth-order valence-electron chi connectivity index (χ4n) is 3.43. The van der Waals surface area contributed by atoms with Gasteiger partial charge in [-0.05, 0) is 32.0 Å². The number of hydrogen-bond donors (Lipinski definition) is 2. The molecule has 0 aliphatic heterocycles. The molecule has 0 aliphatic rings. The average Bonchev–Trinajstić information content (AvgIpc) is 3.14. The van der Waals surface area contributed by atoms with Gasteiger partial charge in [0.1, 0.15) is 11.6 Å². The Balaban J connectivity index is 2.55. The highest BCUT2D eigenvalue weighted by Crippen LogP contribution is 2.33. The number of azo groups is 1. The van der Waals surface area contributed by atoms with Crippen molar-refractivity contribution in [2.75, 3.05) is 24.5 Å². The topological polar surface area (TPSA) is 111 Å². The zero-order valence-corrected chi connectivity index (χ0v) is 21.6. The molecule has 1 amide bonds. The number of anilines is 1. The Morgan fingerprint density at radius 1 is 1.27 bits per heavy atom. The molecule has 2 rings (SSSR count). The molecule has 10 heteroatoms. The van der Waals surface area contributed by atoms with Gasteiger partial charge < -0.3 is 10.2 Å².